The van der Waals surface area contributed by atoms with E-state index in [2.05, 4.69) is 5.16 Å². The van der Waals surface area contributed by atoms with Crippen molar-refractivity contribution in [1.82, 2.24) is 0 Å². The molecule has 0 atom stereocenters. The van der Waals surface area contributed by atoms with E-state index >= 15 is 0 Å². The number of oxime groups is 1. The van der Waals surface area contributed by atoms with Crippen LogP contribution < -0.4 is 0 Å². The first-order chi connectivity index (χ1) is 4.83. The Morgan fingerprint density at radius 1 is 1.27 bits per heavy atom. The van der Waals surface area contributed by atoms with Crippen molar-refractivity contribution >= 4 is 18.6 Å². The second-order valence-electron chi connectivity index (χ2n) is 1.80. The summed E-state index contributed by atoms with van der Waals surface area (Å²) in [5.41, 5.74) is 0.670. The number of rotatable bonds is 1. The summed E-state index contributed by atoms with van der Waals surface area (Å²) in [6.45, 7) is 0. The van der Waals surface area contributed by atoms with E-state index in [0.29, 0.717) is 5.56 Å². The van der Waals surface area contributed by atoms with Gasteiger partial charge in [-0.3, -0.25) is 0 Å². The van der Waals surface area contributed by atoms with E-state index in [1.165, 1.54) is 30.5 Å². The summed E-state index contributed by atoms with van der Waals surface area (Å²) in [4.78, 5) is 0. The molecule has 0 radical (unpaired) electrons. The van der Waals surface area contributed by atoms with Crippen LogP contribution in [0.3, 0.4) is 0 Å². The third kappa shape index (κ3) is 3.00. The first-order valence-electron chi connectivity index (χ1n) is 2.76. The lowest BCUT2D eigenvalue weighted by Gasteiger charge is -1.88. The highest BCUT2D eigenvalue weighted by Gasteiger charge is 1.87. The van der Waals surface area contributed by atoms with Crippen LogP contribution in [0.25, 0.3) is 0 Å². The molecule has 0 spiro atoms. The predicted molar refractivity (Wildman–Crippen MR) is 43.0 cm³/mol. The minimum atomic E-state index is -0.296. The van der Waals surface area contributed by atoms with Crippen molar-refractivity contribution in [1.29, 1.82) is 0 Å². The predicted octanol–water partition coefficient (Wildman–Crippen LogP) is 2.06. The standard InChI is InChI=1S/C7H6FNO.ClH/c8-7-3-1-6(2-4-7)5-9-10;/h1-5,10H;1H. The maximum absolute atomic E-state index is 12.2. The molecule has 0 amide bonds. The fraction of sp³-hybridized carbons (Fsp3) is 0. The van der Waals surface area contributed by atoms with E-state index in [1.807, 2.05) is 0 Å². The lowest BCUT2D eigenvalue weighted by Crippen LogP contribution is -1.80. The molecule has 60 valence electrons. The molecule has 0 bridgehead atoms. The zero-order valence-electron chi connectivity index (χ0n) is 5.57. The van der Waals surface area contributed by atoms with Gasteiger partial charge >= 0.3 is 0 Å². The van der Waals surface area contributed by atoms with Crippen LogP contribution in [0, 0.1) is 5.82 Å². The fourth-order valence-electron chi connectivity index (χ4n) is 0.616. The van der Waals surface area contributed by atoms with Crippen molar-refractivity contribution in [2.75, 3.05) is 0 Å². The largest absolute Gasteiger partial charge is 0.411 e. The number of hydrogen-bond donors (Lipinski definition) is 1. The van der Waals surface area contributed by atoms with Gasteiger partial charge in [0.2, 0.25) is 0 Å². The van der Waals surface area contributed by atoms with Gasteiger partial charge in [0.25, 0.3) is 0 Å². The Kier molecular flexibility index (Phi) is 4.22. The van der Waals surface area contributed by atoms with E-state index in [-0.39, 0.29) is 18.2 Å². The molecule has 0 aliphatic carbocycles. The lowest BCUT2D eigenvalue weighted by atomic mass is 10.2. The normalized spacial score (nSPS) is 9.55. The number of hydrogen-bond acceptors (Lipinski definition) is 2. The van der Waals surface area contributed by atoms with Gasteiger partial charge in [-0.25, -0.2) is 4.39 Å². The lowest BCUT2D eigenvalue weighted by molar-refractivity contribution is 0.322. The molecule has 0 aliphatic rings. The maximum Gasteiger partial charge on any atom is 0.123 e. The van der Waals surface area contributed by atoms with Crippen molar-refractivity contribution < 1.29 is 9.60 Å². The second kappa shape index (κ2) is 4.68. The summed E-state index contributed by atoms with van der Waals surface area (Å²) in [5, 5.41) is 10.9. The molecule has 1 rings (SSSR count). The van der Waals surface area contributed by atoms with Gasteiger partial charge in [0.05, 0.1) is 6.21 Å². The Labute approximate surface area is 69.8 Å². The summed E-state index contributed by atoms with van der Waals surface area (Å²) in [6.07, 6.45) is 1.24. The Bertz CT molecular complexity index is 235. The van der Waals surface area contributed by atoms with Crippen LogP contribution in [-0.2, 0) is 0 Å². The van der Waals surface area contributed by atoms with Gasteiger partial charge in [0.15, 0.2) is 0 Å². The highest BCUT2D eigenvalue weighted by atomic mass is 35.5. The van der Waals surface area contributed by atoms with Crippen LogP contribution in [0.15, 0.2) is 29.4 Å². The molecular weight excluding hydrogens is 169 g/mol. The van der Waals surface area contributed by atoms with Crippen LogP contribution in [0.1, 0.15) is 5.56 Å². The summed E-state index contributed by atoms with van der Waals surface area (Å²) < 4.78 is 12.2. The van der Waals surface area contributed by atoms with Crippen LogP contribution in [-0.4, -0.2) is 11.4 Å². The number of nitrogens with zero attached hydrogens (tertiary/aromatic N) is 1. The average molecular weight is 176 g/mol. The van der Waals surface area contributed by atoms with Crippen molar-refractivity contribution in [3.05, 3.63) is 35.6 Å². The van der Waals surface area contributed by atoms with E-state index in [0.717, 1.165) is 0 Å². The molecule has 1 N–H and O–H groups in total. The average Bonchev–Trinajstić information content (AvgIpc) is 1.95. The minimum absolute atomic E-state index is 0. The van der Waals surface area contributed by atoms with Crippen molar-refractivity contribution in [3.8, 4) is 0 Å². The molecule has 0 heterocycles. The van der Waals surface area contributed by atoms with E-state index in [9.17, 15) is 4.39 Å². The maximum atomic E-state index is 12.2. The topological polar surface area (TPSA) is 32.6 Å². The van der Waals surface area contributed by atoms with Gasteiger partial charge in [-0.2, -0.15) is 0 Å². The Balaban J connectivity index is 0.000001000. The second-order valence-corrected chi connectivity index (χ2v) is 1.80. The first kappa shape index (κ1) is 9.91. The highest BCUT2D eigenvalue weighted by molar-refractivity contribution is 5.85. The number of benzene rings is 1. The van der Waals surface area contributed by atoms with E-state index in [1.54, 1.807) is 0 Å². The van der Waals surface area contributed by atoms with Gasteiger partial charge in [-0.05, 0) is 17.7 Å². The highest BCUT2D eigenvalue weighted by Crippen LogP contribution is 1.99. The molecule has 0 saturated heterocycles. The Morgan fingerprint density at radius 2 is 1.82 bits per heavy atom. The summed E-state index contributed by atoms with van der Waals surface area (Å²) in [6, 6.07) is 5.65. The zero-order chi connectivity index (χ0) is 7.40. The summed E-state index contributed by atoms with van der Waals surface area (Å²) in [7, 11) is 0. The molecule has 4 heteroatoms. The van der Waals surface area contributed by atoms with Gasteiger partial charge in [-0.1, -0.05) is 17.3 Å². The van der Waals surface area contributed by atoms with Crippen LogP contribution in [0.4, 0.5) is 4.39 Å². The third-order valence-corrected chi connectivity index (χ3v) is 1.08. The van der Waals surface area contributed by atoms with Gasteiger partial charge in [0.1, 0.15) is 5.82 Å². The molecule has 0 saturated carbocycles. The third-order valence-electron chi connectivity index (χ3n) is 1.08. The van der Waals surface area contributed by atoms with Crippen LogP contribution in [0.2, 0.25) is 0 Å². The summed E-state index contributed by atoms with van der Waals surface area (Å²) >= 11 is 0. The molecule has 0 unspecified atom stereocenters. The van der Waals surface area contributed by atoms with Gasteiger partial charge < -0.3 is 5.21 Å². The molecule has 1 aromatic rings. The zero-order valence-corrected chi connectivity index (χ0v) is 6.38. The molecule has 2 nitrogen and oxygen atoms in total. The van der Waals surface area contributed by atoms with Crippen LogP contribution >= 0.6 is 12.4 Å². The fourth-order valence-corrected chi connectivity index (χ4v) is 0.616. The molecule has 1 aromatic carbocycles. The number of halogens is 2. The summed E-state index contributed by atoms with van der Waals surface area (Å²) in [5.74, 6) is -0.296. The van der Waals surface area contributed by atoms with Crippen molar-refractivity contribution in [2.45, 2.75) is 0 Å². The smallest absolute Gasteiger partial charge is 0.123 e. The molecular formula is C7H7ClFNO. The molecule has 0 aromatic heterocycles. The van der Waals surface area contributed by atoms with Gasteiger partial charge in [-0.15, -0.1) is 12.4 Å². The van der Waals surface area contributed by atoms with Gasteiger partial charge in [0, 0.05) is 0 Å². The molecule has 11 heavy (non-hydrogen) atoms. The first-order valence-corrected chi connectivity index (χ1v) is 2.76. The Hall–Kier alpha value is -1.09. The monoisotopic (exact) mass is 175 g/mol. The van der Waals surface area contributed by atoms with E-state index in [4.69, 9.17) is 5.21 Å². The molecule has 0 fully saturated rings. The van der Waals surface area contributed by atoms with Crippen LogP contribution in [0.5, 0.6) is 0 Å². The quantitative estimate of drug-likeness (QED) is 0.396. The SMILES string of the molecule is Cl.ON=Cc1ccc(F)cc1. The Morgan fingerprint density at radius 3 is 2.27 bits per heavy atom. The van der Waals surface area contributed by atoms with Crippen molar-refractivity contribution in [2.24, 2.45) is 5.16 Å². The minimum Gasteiger partial charge on any atom is -0.411 e. The van der Waals surface area contributed by atoms with E-state index < -0.39 is 0 Å². The molecule has 0 aliphatic heterocycles. The van der Waals surface area contributed by atoms with Crippen molar-refractivity contribution in [3.63, 3.8) is 0 Å².